The molecule has 1 atom stereocenters. The third-order valence-corrected chi connectivity index (χ3v) is 8.47. The molecular weight excluding hydrogens is 567 g/mol. The van der Waals surface area contributed by atoms with Crippen LogP contribution >= 0.6 is 27.3 Å². The van der Waals surface area contributed by atoms with Gasteiger partial charge < -0.3 is 9.47 Å². The van der Waals surface area contributed by atoms with E-state index in [2.05, 4.69) is 28.1 Å². The molecule has 1 aliphatic carbocycles. The van der Waals surface area contributed by atoms with Crippen LogP contribution in [0.1, 0.15) is 41.6 Å². The molecule has 0 unspecified atom stereocenters. The van der Waals surface area contributed by atoms with Gasteiger partial charge in [0.1, 0.15) is 5.82 Å². The zero-order valence-electron chi connectivity index (χ0n) is 20.8. The lowest BCUT2D eigenvalue weighted by atomic mass is 9.83. The maximum atomic E-state index is 13.9. The normalized spacial score (nSPS) is 16.4. The molecule has 0 bridgehead atoms. The van der Waals surface area contributed by atoms with Gasteiger partial charge in [-0.25, -0.2) is 9.38 Å². The summed E-state index contributed by atoms with van der Waals surface area (Å²) in [4.78, 5) is 19.6. The van der Waals surface area contributed by atoms with Crippen LogP contribution in [0, 0.1) is 5.82 Å². The minimum Gasteiger partial charge on any atom is -0.493 e. The first-order valence-electron chi connectivity index (χ1n) is 12.4. The van der Waals surface area contributed by atoms with Gasteiger partial charge in [-0.1, -0.05) is 47.7 Å². The fourth-order valence-corrected chi connectivity index (χ4v) is 6.80. The van der Waals surface area contributed by atoms with E-state index in [1.165, 1.54) is 29.0 Å². The molecule has 6 rings (SSSR count). The Bertz CT molecular complexity index is 1770. The van der Waals surface area contributed by atoms with Gasteiger partial charge in [-0.15, -0.1) is 0 Å². The van der Waals surface area contributed by atoms with Crippen molar-refractivity contribution in [3.05, 3.63) is 118 Å². The highest BCUT2D eigenvalue weighted by molar-refractivity contribution is 9.10. The lowest BCUT2D eigenvalue weighted by molar-refractivity contribution is 0.309. The predicted molar refractivity (Wildman–Crippen MR) is 151 cm³/mol. The Morgan fingerprint density at radius 3 is 2.71 bits per heavy atom. The first-order chi connectivity index (χ1) is 18.5. The van der Waals surface area contributed by atoms with E-state index in [-0.39, 0.29) is 17.4 Å². The average Bonchev–Trinajstić information content (AvgIpc) is 3.23. The predicted octanol–water partition coefficient (Wildman–Crippen LogP) is 5.63. The van der Waals surface area contributed by atoms with Crippen molar-refractivity contribution in [2.45, 2.75) is 25.8 Å². The van der Waals surface area contributed by atoms with Gasteiger partial charge in [0.2, 0.25) is 0 Å². The number of nitrogens with zero attached hydrogens (tertiary/aromatic N) is 2. The molecule has 1 aliphatic heterocycles. The quantitative estimate of drug-likeness (QED) is 0.303. The summed E-state index contributed by atoms with van der Waals surface area (Å²) in [6.45, 7) is 2.42. The van der Waals surface area contributed by atoms with Crippen LogP contribution in [0.3, 0.4) is 0 Å². The Morgan fingerprint density at radius 2 is 1.95 bits per heavy atom. The van der Waals surface area contributed by atoms with Crippen LogP contribution in [-0.2, 0) is 6.42 Å². The monoisotopic (exact) mass is 590 g/mol. The molecule has 0 spiro atoms. The van der Waals surface area contributed by atoms with E-state index < -0.39 is 0 Å². The SMILES string of the molecule is CCOc1c(Br)cc(/C=c2/sc3n(c2=O)[C@@H](c2ccc(F)cc2)C2=C(N=3)c3ccccc3CC2)cc1OC. The maximum absolute atomic E-state index is 13.9. The number of hydrogen-bond donors (Lipinski definition) is 0. The number of allylic oxidation sites excluding steroid dienone is 1. The lowest BCUT2D eigenvalue weighted by Gasteiger charge is -2.30. The van der Waals surface area contributed by atoms with Gasteiger partial charge in [-0.2, -0.15) is 0 Å². The molecule has 0 radical (unpaired) electrons. The van der Waals surface area contributed by atoms with E-state index in [0.29, 0.717) is 27.4 Å². The van der Waals surface area contributed by atoms with E-state index in [4.69, 9.17) is 14.5 Å². The first-order valence-corrected chi connectivity index (χ1v) is 14.0. The highest BCUT2D eigenvalue weighted by Crippen LogP contribution is 2.41. The van der Waals surface area contributed by atoms with Gasteiger partial charge >= 0.3 is 0 Å². The first kappa shape index (κ1) is 24.8. The van der Waals surface area contributed by atoms with E-state index in [0.717, 1.165) is 45.3 Å². The molecule has 1 aromatic heterocycles. The van der Waals surface area contributed by atoms with Gasteiger partial charge in [0, 0.05) is 5.56 Å². The number of benzene rings is 3. The van der Waals surface area contributed by atoms with E-state index in [9.17, 15) is 9.18 Å². The van der Waals surface area contributed by atoms with E-state index >= 15 is 0 Å². The summed E-state index contributed by atoms with van der Waals surface area (Å²) in [6.07, 6.45) is 3.50. The second kappa shape index (κ2) is 10.0. The summed E-state index contributed by atoms with van der Waals surface area (Å²) < 4.78 is 28.2. The molecule has 0 amide bonds. The molecule has 38 heavy (non-hydrogen) atoms. The zero-order valence-corrected chi connectivity index (χ0v) is 23.2. The topological polar surface area (TPSA) is 52.8 Å². The number of aromatic nitrogens is 1. The van der Waals surface area contributed by atoms with Crippen molar-refractivity contribution in [3.63, 3.8) is 0 Å². The molecule has 8 heteroatoms. The smallest absolute Gasteiger partial charge is 0.271 e. The summed E-state index contributed by atoms with van der Waals surface area (Å²) in [7, 11) is 1.59. The van der Waals surface area contributed by atoms with Crippen molar-refractivity contribution in [1.82, 2.24) is 4.57 Å². The van der Waals surface area contributed by atoms with Crippen LogP contribution in [0.15, 0.2) is 80.5 Å². The summed E-state index contributed by atoms with van der Waals surface area (Å²) in [5.74, 6) is 0.896. The molecule has 0 fully saturated rings. The Balaban J connectivity index is 1.57. The number of methoxy groups -OCH3 is 1. The second-order valence-electron chi connectivity index (χ2n) is 9.13. The lowest BCUT2D eigenvalue weighted by Crippen LogP contribution is -2.38. The number of hydrogen-bond acceptors (Lipinski definition) is 5. The Kier molecular flexibility index (Phi) is 6.53. The number of rotatable bonds is 5. The molecule has 0 saturated heterocycles. The molecule has 2 heterocycles. The Hall–Kier alpha value is -3.49. The molecule has 0 saturated carbocycles. The van der Waals surface area contributed by atoms with Gasteiger partial charge in [0.25, 0.3) is 5.56 Å². The molecule has 0 N–H and O–H groups in total. The number of thiazole rings is 1. The molecule has 5 nitrogen and oxygen atoms in total. The summed E-state index contributed by atoms with van der Waals surface area (Å²) in [5, 5.41) is 0. The minimum atomic E-state index is -0.348. The Morgan fingerprint density at radius 1 is 1.16 bits per heavy atom. The van der Waals surface area contributed by atoms with Crippen LogP contribution in [-0.4, -0.2) is 18.3 Å². The summed E-state index contributed by atoms with van der Waals surface area (Å²) in [5.41, 5.74) is 5.88. The van der Waals surface area contributed by atoms with Crippen LogP contribution in [0.4, 0.5) is 4.39 Å². The van der Waals surface area contributed by atoms with Gasteiger partial charge in [-0.3, -0.25) is 9.36 Å². The van der Waals surface area contributed by atoms with Gasteiger partial charge in [0.05, 0.1) is 34.5 Å². The van der Waals surface area contributed by atoms with Crippen molar-refractivity contribution in [3.8, 4) is 11.5 Å². The standard InChI is InChI=1S/C30H24BrFN2O3S/c1-3-37-28-23(31)14-17(15-24(28)36-2)16-25-29(35)34-27(19-8-11-20(32)12-9-19)22-13-10-18-6-4-5-7-21(18)26(22)33-30(34)38-25/h4-9,11-12,14-16,27H,3,10,13H2,1-2H3/b25-16+/t27-/m0/s1. The van der Waals surface area contributed by atoms with Crippen molar-refractivity contribution >= 4 is 39.0 Å². The zero-order chi connectivity index (χ0) is 26.4. The molecule has 2 aliphatic rings. The third kappa shape index (κ3) is 4.22. The van der Waals surface area contributed by atoms with E-state index in [1.807, 2.05) is 37.3 Å². The van der Waals surface area contributed by atoms with Crippen LogP contribution in [0.5, 0.6) is 11.5 Å². The number of ether oxygens (including phenoxy) is 2. The van der Waals surface area contributed by atoms with Crippen molar-refractivity contribution in [2.24, 2.45) is 4.99 Å². The number of fused-ring (bicyclic) bond motifs is 3. The van der Waals surface area contributed by atoms with E-state index in [1.54, 1.807) is 23.8 Å². The van der Waals surface area contributed by atoms with Gasteiger partial charge in [0.15, 0.2) is 16.3 Å². The highest BCUT2D eigenvalue weighted by atomic mass is 79.9. The highest BCUT2D eigenvalue weighted by Gasteiger charge is 2.32. The van der Waals surface area contributed by atoms with Crippen LogP contribution < -0.4 is 24.4 Å². The van der Waals surface area contributed by atoms with Crippen LogP contribution in [0.2, 0.25) is 0 Å². The largest absolute Gasteiger partial charge is 0.493 e. The van der Waals surface area contributed by atoms with Crippen molar-refractivity contribution in [2.75, 3.05) is 13.7 Å². The second-order valence-corrected chi connectivity index (χ2v) is 11.0. The fourth-order valence-electron chi connectivity index (χ4n) is 5.23. The van der Waals surface area contributed by atoms with Crippen LogP contribution in [0.25, 0.3) is 11.8 Å². The number of halogens is 2. The summed E-state index contributed by atoms with van der Waals surface area (Å²) >= 11 is 4.93. The maximum Gasteiger partial charge on any atom is 0.271 e. The molecule has 192 valence electrons. The fraction of sp³-hybridized carbons (Fsp3) is 0.200. The summed E-state index contributed by atoms with van der Waals surface area (Å²) in [6, 6.07) is 18.1. The van der Waals surface area contributed by atoms with Crippen molar-refractivity contribution < 1.29 is 13.9 Å². The van der Waals surface area contributed by atoms with Crippen molar-refractivity contribution in [1.29, 1.82) is 0 Å². The van der Waals surface area contributed by atoms with Gasteiger partial charge in [-0.05, 0) is 88.3 Å². The third-order valence-electron chi connectivity index (χ3n) is 6.90. The molecule has 4 aromatic rings. The average molecular weight is 592 g/mol. The molecule has 3 aromatic carbocycles. The minimum absolute atomic E-state index is 0.127. The molecular formula is C30H24BrFN2O3S. The number of aryl methyl sites for hydroxylation is 1. The Labute approximate surface area is 231 Å².